The van der Waals surface area contributed by atoms with E-state index in [0.29, 0.717) is 16.3 Å². The third-order valence-electron chi connectivity index (χ3n) is 3.51. The van der Waals surface area contributed by atoms with E-state index < -0.39 is 24.4 Å². The molecule has 0 aliphatic rings. The summed E-state index contributed by atoms with van der Waals surface area (Å²) in [6.45, 7) is -0.753. The van der Waals surface area contributed by atoms with Gasteiger partial charge in [-0.15, -0.1) is 0 Å². The van der Waals surface area contributed by atoms with Crippen molar-refractivity contribution in [2.24, 2.45) is 0 Å². The lowest BCUT2D eigenvalue weighted by molar-refractivity contribution is -0.136. The first-order chi connectivity index (χ1) is 12.9. The minimum absolute atomic E-state index is 0.168. The lowest BCUT2D eigenvalue weighted by Gasteiger charge is -2.17. The van der Waals surface area contributed by atoms with Gasteiger partial charge in [-0.05, 0) is 30.3 Å². The number of halogens is 1. The van der Waals surface area contributed by atoms with Crippen molar-refractivity contribution in [3.05, 3.63) is 64.7 Å². The molecule has 27 heavy (non-hydrogen) atoms. The Morgan fingerprint density at radius 3 is 2.63 bits per heavy atom. The highest BCUT2D eigenvalue weighted by Crippen LogP contribution is 2.20. The van der Waals surface area contributed by atoms with Crippen LogP contribution in [0.1, 0.15) is 15.9 Å². The molecule has 0 unspecified atom stereocenters. The molecule has 2 amide bonds. The Morgan fingerprint density at radius 2 is 1.93 bits per heavy atom. The molecule has 138 valence electrons. The van der Waals surface area contributed by atoms with Crippen LogP contribution in [0.15, 0.2) is 48.5 Å². The van der Waals surface area contributed by atoms with Crippen LogP contribution < -0.4 is 5.32 Å². The van der Waals surface area contributed by atoms with Crippen molar-refractivity contribution in [3.8, 4) is 6.07 Å². The molecule has 0 bridgehead atoms. The minimum Gasteiger partial charge on any atom is -0.452 e. The third kappa shape index (κ3) is 5.83. The number of likely N-dealkylation sites (N-methyl/N-ethyl adjacent to an activating group) is 1. The Balaban J connectivity index is 1.84. The molecule has 0 atom stereocenters. The average molecular weight is 386 g/mol. The molecular formula is C19H16ClN3O4. The number of ether oxygens (including phenoxy) is 1. The van der Waals surface area contributed by atoms with Crippen molar-refractivity contribution < 1.29 is 19.1 Å². The maximum Gasteiger partial charge on any atom is 0.338 e. The molecule has 2 aromatic carbocycles. The SMILES string of the molecule is CN(CC(=O)Nc1ccccc1Cl)C(=O)COC(=O)c1cccc(C#N)c1. The van der Waals surface area contributed by atoms with Crippen molar-refractivity contribution in [1.82, 2.24) is 4.90 Å². The Kier molecular flexibility index (Phi) is 6.92. The molecule has 0 saturated carbocycles. The highest BCUT2D eigenvalue weighted by atomic mass is 35.5. The van der Waals surface area contributed by atoms with Gasteiger partial charge >= 0.3 is 5.97 Å². The van der Waals surface area contributed by atoms with Gasteiger partial charge in [-0.25, -0.2) is 4.79 Å². The molecule has 0 aliphatic carbocycles. The zero-order valence-electron chi connectivity index (χ0n) is 14.4. The van der Waals surface area contributed by atoms with E-state index in [0.717, 1.165) is 4.90 Å². The summed E-state index contributed by atoms with van der Waals surface area (Å²) >= 11 is 5.96. The summed E-state index contributed by atoms with van der Waals surface area (Å²) in [6.07, 6.45) is 0. The molecule has 0 aliphatic heterocycles. The summed E-state index contributed by atoms with van der Waals surface area (Å²) in [4.78, 5) is 37.1. The van der Waals surface area contributed by atoms with E-state index in [2.05, 4.69) is 5.32 Å². The van der Waals surface area contributed by atoms with Crippen LogP contribution in [-0.2, 0) is 14.3 Å². The summed E-state index contributed by atoms with van der Waals surface area (Å²) in [5.74, 6) is -1.71. The first kappa shape index (κ1) is 19.9. The number of hydrogen-bond donors (Lipinski definition) is 1. The maximum absolute atomic E-state index is 12.0. The lowest BCUT2D eigenvalue weighted by Crippen LogP contribution is -2.37. The van der Waals surface area contributed by atoms with E-state index in [9.17, 15) is 14.4 Å². The Bertz CT molecular complexity index is 908. The van der Waals surface area contributed by atoms with Gasteiger partial charge in [0.15, 0.2) is 6.61 Å². The van der Waals surface area contributed by atoms with Crippen molar-refractivity contribution >= 4 is 35.1 Å². The molecule has 1 N–H and O–H groups in total. The number of nitrogens with zero attached hydrogens (tertiary/aromatic N) is 2. The van der Waals surface area contributed by atoms with Crippen molar-refractivity contribution in [3.63, 3.8) is 0 Å². The van der Waals surface area contributed by atoms with Gasteiger partial charge in [0, 0.05) is 7.05 Å². The highest BCUT2D eigenvalue weighted by molar-refractivity contribution is 6.33. The summed E-state index contributed by atoms with van der Waals surface area (Å²) in [5, 5.41) is 11.8. The van der Waals surface area contributed by atoms with Crippen LogP contribution in [-0.4, -0.2) is 42.9 Å². The number of anilines is 1. The average Bonchev–Trinajstić information content (AvgIpc) is 2.67. The molecule has 8 heteroatoms. The van der Waals surface area contributed by atoms with Crippen LogP contribution >= 0.6 is 11.6 Å². The number of carbonyl (C=O) groups excluding carboxylic acids is 3. The van der Waals surface area contributed by atoms with E-state index in [1.54, 1.807) is 36.4 Å². The summed E-state index contributed by atoms with van der Waals surface area (Å²) < 4.78 is 4.94. The summed E-state index contributed by atoms with van der Waals surface area (Å²) in [7, 11) is 1.42. The van der Waals surface area contributed by atoms with Crippen LogP contribution in [0.25, 0.3) is 0 Å². The Labute approximate surface area is 161 Å². The monoisotopic (exact) mass is 385 g/mol. The van der Waals surface area contributed by atoms with Crippen LogP contribution in [0.3, 0.4) is 0 Å². The van der Waals surface area contributed by atoms with Gasteiger partial charge in [-0.2, -0.15) is 5.26 Å². The number of hydrogen-bond acceptors (Lipinski definition) is 5. The van der Waals surface area contributed by atoms with Crippen LogP contribution in [0.4, 0.5) is 5.69 Å². The quantitative estimate of drug-likeness (QED) is 0.770. The lowest BCUT2D eigenvalue weighted by atomic mass is 10.1. The normalized spacial score (nSPS) is 9.81. The van der Waals surface area contributed by atoms with E-state index >= 15 is 0 Å². The summed E-state index contributed by atoms with van der Waals surface area (Å²) in [5.41, 5.74) is 0.916. The number of nitrogens with one attached hydrogen (secondary N) is 1. The molecule has 2 aromatic rings. The standard InChI is InChI=1S/C19H16ClN3O4/c1-23(11-17(24)22-16-8-3-2-7-15(16)20)18(25)12-27-19(26)14-6-4-5-13(9-14)10-21/h2-9H,11-12H2,1H3,(H,22,24). The van der Waals surface area contributed by atoms with Gasteiger partial charge in [-0.1, -0.05) is 29.8 Å². The van der Waals surface area contributed by atoms with Gasteiger partial charge < -0.3 is 15.0 Å². The van der Waals surface area contributed by atoms with Gasteiger partial charge in [0.2, 0.25) is 5.91 Å². The number of nitriles is 1. The fourth-order valence-corrected chi connectivity index (χ4v) is 2.28. The fraction of sp³-hybridized carbons (Fsp3) is 0.158. The van der Waals surface area contributed by atoms with Crippen molar-refractivity contribution in [2.75, 3.05) is 25.5 Å². The molecule has 0 aromatic heterocycles. The first-order valence-corrected chi connectivity index (χ1v) is 8.24. The number of para-hydroxylation sites is 1. The molecule has 0 heterocycles. The van der Waals surface area contributed by atoms with E-state index in [4.69, 9.17) is 21.6 Å². The number of amides is 2. The number of carbonyl (C=O) groups is 3. The second-order valence-corrected chi connectivity index (χ2v) is 5.95. The van der Waals surface area contributed by atoms with Gasteiger partial charge in [0.25, 0.3) is 5.91 Å². The molecule has 0 radical (unpaired) electrons. The van der Waals surface area contributed by atoms with Crippen molar-refractivity contribution in [2.45, 2.75) is 0 Å². The second kappa shape index (κ2) is 9.36. The van der Waals surface area contributed by atoms with Crippen molar-refractivity contribution in [1.29, 1.82) is 5.26 Å². The molecule has 0 fully saturated rings. The first-order valence-electron chi connectivity index (χ1n) is 7.86. The van der Waals surface area contributed by atoms with E-state index in [1.165, 1.54) is 19.2 Å². The molecular weight excluding hydrogens is 370 g/mol. The Morgan fingerprint density at radius 1 is 1.19 bits per heavy atom. The summed E-state index contributed by atoms with van der Waals surface area (Å²) in [6, 6.07) is 14.6. The highest BCUT2D eigenvalue weighted by Gasteiger charge is 2.16. The van der Waals surface area contributed by atoms with Crippen LogP contribution in [0.5, 0.6) is 0 Å². The molecule has 0 saturated heterocycles. The zero-order valence-corrected chi connectivity index (χ0v) is 15.2. The molecule has 7 nitrogen and oxygen atoms in total. The zero-order chi connectivity index (χ0) is 19.8. The predicted octanol–water partition coefficient (Wildman–Crippen LogP) is 2.47. The molecule has 2 rings (SSSR count). The number of esters is 1. The van der Waals surface area contributed by atoms with E-state index in [-0.39, 0.29) is 12.1 Å². The maximum atomic E-state index is 12.0. The topological polar surface area (TPSA) is 99.5 Å². The smallest absolute Gasteiger partial charge is 0.338 e. The van der Waals surface area contributed by atoms with Crippen LogP contribution in [0.2, 0.25) is 5.02 Å². The predicted molar refractivity (Wildman–Crippen MR) is 99.2 cm³/mol. The van der Waals surface area contributed by atoms with Crippen LogP contribution in [0, 0.1) is 11.3 Å². The fourth-order valence-electron chi connectivity index (χ4n) is 2.09. The molecule has 0 spiro atoms. The Hall–Kier alpha value is -3.37. The van der Waals surface area contributed by atoms with Gasteiger partial charge in [0.05, 0.1) is 34.5 Å². The third-order valence-corrected chi connectivity index (χ3v) is 3.84. The van der Waals surface area contributed by atoms with Gasteiger partial charge in [-0.3, -0.25) is 9.59 Å². The number of benzene rings is 2. The van der Waals surface area contributed by atoms with E-state index in [1.807, 2.05) is 6.07 Å². The number of rotatable bonds is 6. The minimum atomic E-state index is -0.727. The second-order valence-electron chi connectivity index (χ2n) is 5.55. The largest absolute Gasteiger partial charge is 0.452 e. The van der Waals surface area contributed by atoms with Gasteiger partial charge in [0.1, 0.15) is 0 Å².